The van der Waals surface area contributed by atoms with E-state index in [1.54, 1.807) is 24.3 Å². The average Bonchev–Trinajstić information content (AvgIpc) is 2.78. The van der Waals surface area contributed by atoms with Crippen LogP contribution in [0.4, 0.5) is 5.69 Å². The van der Waals surface area contributed by atoms with E-state index < -0.39 is 10.0 Å². The lowest BCUT2D eigenvalue weighted by atomic mass is 10.1. The molecule has 0 radical (unpaired) electrons. The number of benzene rings is 3. The molecule has 3 aromatic rings. The number of carbonyl (C=O) groups is 1. The minimum absolute atomic E-state index is 0.178. The first kappa shape index (κ1) is 24.3. The van der Waals surface area contributed by atoms with Crippen LogP contribution in [0, 0.1) is 13.8 Å². The number of nitrogens with one attached hydrogen (secondary N) is 1. The predicted molar refractivity (Wildman–Crippen MR) is 132 cm³/mol. The third kappa shape index (κ3) is 6.83. The molecule has 7 heteroatoms. The molecular formula is C26H30N2O4S. The number of sulfonamides is 1. The van der Waals surface area contributed by atoms with Gasteiger partial charge in [0.2, 0.25) is 10.0 Å². The smallest absolute Gasteiger partial charge is 0.251 e. The second-order valence-electron chi connectivity index (χ2n) is 8.26. The Morgan fingerprint density at radius 3 is 2.30 bits per heavy atom. The number of nitrogens with zero attached hydrogens (tertiary/aromatic N) is 1. The summed E-state index contributed by atoms with van der Waals surface area (Å²) >= 11 is 0. The van der Waals surface area contributed by atoms with Gasteiger partial charge in [-0.3, -0.25) is 9.10 Å². The maximum absolute atomic E-state index is 12.6. The molecule has 0 bridgehead atoms. The van der Waals surface area contributed by atoms with Crippen LogP contribution in [0.25, 0.3) is 0 Å². The van der Waals surface area contributed by atoms with Crippen LogP contribution in [-0.2, 0) is 16.6 Å². The average molecular weight is 467 g/mol. The van der Waals surface area contributed by atoms with Crippen molar-refractivity contribution in [3.8, 4) is 5.75 Å². The van der Waals surface area contributed by atoms with Crippen molar-refractivity contribution in [2.24, 2.45) is 0 Å². The fourth-order valence-electron chi connectivity index (χ4n) is 3.38. The highest BCUT2D eigenvalue weighted by Crippen LogP contribution is 2.26. The third-order valence-electron chi connectivity index (χ3n) is 5.20. The molecule has 0 fully saturated rings. The maximum atomic E-state index is 12.6. The highest BCUT2D eigenvalue weighted by molar-refractivity contribution is 7.92. The van der Waals surface area contributed by atoms with Gasteiger partial charge in [-0.1, -0.05) is 42.5 Å². The van der Waals surface area contributed by atoms with Gasteiger partial charge in [-0.05, 0) is 67.8 Å². The maximum Gasteiger partial charge on any atom is 0.251 e. The highest BCUT2D eigenvalue weighted by Gasteiger charge is 2.20. The van der Waals surface area contributed by atoms with Gasteiger partial charge >= 0.3 is 0 Å². The number of para-hydroxylation sites is 1. The summed E-state index contributed by atoms with van der Waals surface area (Å²) in [6.45, 7) is 6.24. The molecule has 3 aromatic carbocycles. The Balaban J connectivity index is 1.65. The van der Waals surface area contributed by atoms with Gasteiger partial charge in [-0.15, -0.1) is 0 Å². The van der Waals surface area contributed by atoms with E-state index in [0.717, 1.165) is 22.4 Å². The summed E-state index contributed by atoms with van der Waals surface area (Å²) in [5, 5.41) is 2.92. The number of rotatable bonds is 9. The fraction of sp³-hybridized carbons (Fsp3) is 0.269. The van der Waals surface area contributed by atoms with Gasteiger partial charge in [-0.25, -0.2) is 8.42 Å². The van der Waals surface area contributed by atoms with Crippen molar-refractivity contribution in [2.75, 3.05) is 17.2 Å². The van der Waals surface area contributed by atoms with Gasteiger partial charge in [0.15, 0.2) is 0 Å². The molecule has 6 nitrogen and oxygen atoms in total. The molecule has 0 saturated heterocycles. The minimum atomic E-state index is -3.49. The number of ether oxygens (including phenoxy) is 1. The van der Waals surface area contributed by atoms with E-state index in [2.05, 4.69) is 5.32 Å². The minimum Gasteiger partial charge on any atom is -0.491 e. The molecule has 0 aromatic heterocycles. The van der Waals surface area contributed by atoms with E-state index in [-0.39, 0.29) is 18.5 Å². The summed E-state index contributed by atoms with van der Waals surface area (Å²) in [6, 6.07) is 22.0. The molecule has 1 atom stereocenters. The van der Waals surface area contributed by atoms with Crippen LogP contribution in [0.2, 0.25) is 0 Å². The zero-order valence-electron chi connectivity index (χ0n) is 19.4. The van der Waals surface area contributed by atoms with Crippen molar-refractivity contribution >= 4 is 21.6 Å². The van der Waals surface area contributed by atoms with Gasteiger partial charge in [0, 0.05) is 5.56 Å². The standard InChI is InChI=1S/C26H30N2O4S/c1-19-10-11-20(2)25(16-19)28(33(4,30)31)17-22-12-14-23(15-13-22)26(29)27-21(3)18-32-24-8-6-5-7-9-24/h5-16,21H,17-18H2,1-4H3,(H,27,29)/t21-/m0/s1. The molecule has 1 N–H and O–H groups in total. The van der Waals surface area contributed by atoms with E-state index in [4.69, 9.17) is 4.74 Å². The molecule has 0 heterocycles. The number of hydrogen-bond acceptors (Lipinski definition) is 4. The van der Waals surface area contributed by atoms with Crippen LogP contribution in [0.3, 0.4) is 0 Å². The zero-order chi connectivity index (χ0) is 24.0. The number of hydrogen-bond donors (Lipinski definition) is 1. The van der Waals surface area contributed by atoms with E-state index in [9.17, 15) is 13.2 Å². The summed E-state index contributed by atoms with van der Waals surface area (Å²) in [6.07, 6.45) is 1.20. The fourth-order valence-corrected chi connectivity index (χ4v) is 4.32. The second kappa shape index (κ2) is 10.5. The van der Waals surface area contributed by atoms with Crippen molar-refractivity contribution in [3.63, 3.8) is 0 Å². The highest BCUT2D eigenvalue weighted by atomic mass is 32.2. The predicted octanol–water partition coefficient (Wildman–Crippen LogP) is 4.47. The molecule has 0 aliphatic heterocycles. The Bertz CT molecular complexity index is 1190. The van der Waals surface area contributed by atoms with E-state index in [0.29, 0.717) is 17.9 Å². The molecule has 0 unspecified atom stereocenters. The summed E-state index contributed by atoms with van der Waals surface area (Å²) in [5.41, 5.74) is 3.82. The summed E-state index contributed by atoms with van der Waals surface area (Å²) in [5.74, 6) is 0.544. The molecule has 1 amide bonds. The van der Waals surface area contributed by atoms with Crippen LogP contribution < -0.4 is 14.4 Å². The quantitative estimate of drug-likeness (QED) is 0.505. The van der Waals surface area contributed by atoms with Crippen molar-refractivity contribution in [1.82, 2.24) is 5.32 Å². The Morgan fingerprint density at radius 2 is 1.67 bits per heavy atom. The summed E-state index contributed by atoms with van der Waals surface area (Å²) in [7, 11) is -3.49. The number of carbonyl (C=O) groups excluding carboxylic acids is 1. The first-order valence-electron chi connectivity index (χ1n) is 10.8. The monoisotopic (exact) mass is 466 g/mol. The van der Waals surface area contributed by atoms with E-state index in [1.807, 2.05) is 69.3 Å². The largest absolute Gasteiger partial charge is 0.491 e. The molecular weight excluding hydrogens is 436 g/mol. The summed E-state index contributed by atoms with van der Waals surface area (Å²) < 4.78 is 32.1. The molecule has 0 aliphatic rings. The van der Waals surface area contributed by atoms with Crippen molar-refractivity contribution in [1.29, 1.82) is 0 Å². The van der Waals surface area contributed by atoms with Gasteiger partial charge in [-0.2, -0.15) is 0 Å². The number of aryl methyl sites for hydroxylation is 2. The summed E-state index contributed by atoms with van der Waals surface area (Å²) in [4.78, 5) is 12.6. The molecule has 0 spiro atoms. The lowest BCUT2D eigenvalue weighted by Gasteiger charge is -2.25. The normalized spacial score (nSPS) is 12.1. The topological polar surface area (TPSA) is 75.7 Å². The van der Waals surface area contributed by atoms with Crippen LogP contribution in [0.15, 0.2) is 72.8 Å². The SMILES string of the molecule is Cc1ccc(C)c(N(Cc2ccc(C(=O)N[C@@H](C)COc3ccccc3)cc2)S(C)(=O)=O)c1. The van der Waals surface area contributed by atoms with Gasteiger partial charge in [0.1, 0.15) is 12.4 Å². The van der Waals surface area contributed by atoms with Gasteiger partial charge in [0.25, 0.3) is 5.91 Å². The molecule has 0 aliphatic carbocycles. The molecule has 174 valence electrons. The first-order chi connectivity index (χ1) is 15.6. The van der Waals surface area contributed by atoms with Gasteiger partial charge < -0.3 is 10.1 Å². The van der Waals surface area contributed by atoms with E-state index in [1.165, 1.54) is 10.6 Å². The first-order valence-corrected chi connectivity index (χ1v) is 12.6. The van der Waals surface area contributed by atoms with Crippen LogP contribution >= 0.6 is 0 Å². The lowest BCUT2D eigenvalue weighted by molar-refractivity contribution is 0.0926. The third-order valence-corrected chi connectivity index (χ3v) is 6.32. The molecule has 0 saturated carbocycles. The Morgan fingerprint density at radius 1 is 1.00 bits per heavy atom. The lowest BCUT2D eigenvalue weighted by Crippen LogP contribution is -2.36. The number of amides is 1. The second-order valence-corrected chi connectivity index (χ2v) is 10.2. The Kier molecular flexibility index (Phi) is 7.76. The van der Waals surface area contributed by atoms with Crippen molar-refractivity contribution in [3.05, 3.63) is 95.1 Å². The van der Waals surface area contributed by atoms with Crippen LogP contribution in [0.5, 0.6) is 5.75 Å². The van der Waals surface area contributed by atoms with Crippen LogP contribution in [-0.4, -0.2) is 33.2 Å². The molecule has 33 heavy (non-hydrogen) atoms. The van der Waals surface area contributed by atoms with Crippen molar-refractivity contribution in [2.45, 2.75) is 33.4 Å². The Labute approximate surface area is 196 Å². The Hall–Kier alpha value is -3.32. The van der Waals surface area contributed by atoms with E-state index >= 15 is 0 Å². The van der Waals surface area contributed by atoms with Crippen LogP contribution in [0.1, 0.15) is 34.0 Å². The van der Waals surface area contributed by atoms with Crippen molar-refractivity contribution < 1.29 is 17.9 Å². The number of anilines is 1. The molecule has 3 rings (SSSR count). The zero-order valence-corrected chi connectivity index (χ0v) is 20.2. The van der Waals surface area contributed by atoms with Gasteiger partial charge in [0.05, 0.1) is 24.5 Å².